The number of hydrogen-bond donors (Lipinski definition) is 1. The van der Waals surface area contributed by atoms with Gasteiger partial charge in [0.25, 0.3) is 0 Å². The van der Waals surface area contributed by atoms with Crippen LogP contribution in [0, 0.1) is 0 Å². The lowest BCUT2D eigenvalue weighted by Crippen LogP contribution is -2.46. The van der Waals surface area contributed by atoms with E-state index in [1.165, 1.54) is 23.5 Å². The number of rotatable bonds is 6. The first kappa shape index (κ1) is 23.4. The van der Waals surface area contributed by atoms with Crippen molar-refractivity contribution in [3.05, 3.63) is 72.1 Å². The number of para-hydroxylation sites is 2. The number of alkyl halides is 3. The van der Waals surface area contributed by atoms with Gasteiger partial charge in [0.2, 0.25) is 0 Å². The monoisotopic (exact) mass is 483 g/mol. The second kappa shape index (κ2) is 10.1. The Balaban J connectivity index is 1.20. The highest BCUT2D eigenvalue weighted by molar-refractivity contribution is 5.65. The lowest BCUT2D eigenvalue weighted by atomic mass is 9.95. The number of piperidine rings is 1. The van der Waals surface area contributed by atoms with Crippen molar-refractivity contribution >= 4 is 17.3 Å². The number of aromatic nitrogens is 2. The van der Waals surface area contributed by atoms with Crippen LogP contribution in [0.3, 0.4) is 0 Å². The number of nitrogens with one attached hydrogen (secondary N) is 1. The van der Waals surface area contributed by atoms with Gasteiger partial charge >= 0.3 is 6.18 Å². The normalized spacial score (nSPS) is 17.2. The van der Waals surface area contributed by atoms with Gasteiger partial charge in [-0.2, -0.15) is 13.2 Å². The number of anilines is 3. The summed E-state index contributed by atoms with van der Waals surface area (Å²) in [5, 5.41) is 3.08. The van der Waals surface area contributed by atoms with Crippen molar-refractivity contribution in [3.8, 4) is 5.75 Å². The number of hydrogen-bond acceptors (Lipinski definition) is 6. The van der Waals surface area contributed by atoms with E-state index >= 15 is 0 Å². The van der Waals surface area contributed by atoms with Gasteiger partial charge < -0.3 is 15.0 Å². The molecular formula is C26H28F3N5O. The standard InChI is InChI=1S/C26H28F3N5O/c27-26(28,29)17-35-23-8-4-3-7-22(23)32-24-15-25(31-18-30-24)33-13-10-21(11-14-33)34-12-9-19-5-1-2-6-20(19)16-34/h1-8,15,18,21H,9-14,16-17H2,(H,30,31,32). The lowest BCUT2D eigenvalue weighted by molar-refractivity contribution is -0.153. The summed E-state index contributed by atoms with van der Waals surface area (Å²) in [5.74, 6) is 1.43. The molecular weight excluding hydrogens is 455 g/mol. The van der Waals surface area contributed by atoms with Crippen molar-refractivity contribution in [2.45, 2.75) is 38.0 Å². The number of ether oxygens (including phenoxy) is 1. The highest BCUT2D eigenvalue weighted by atomic mass is 19.4. The van der Waals surface area contributed by atoms with Crippen molar-refractivity contribution in [1.82, 2.24) is 14.9 Å². The Morgan fingerprint density at radius 3 is 2.49 bits per heavy atom. The molecule has 3 heterocycles. The van der Waals surface area contributed by atoms with Crippen LogP contribution in [-0.4, -0.2) is 53.3 Å². The second-order valence-electron chi connectivity index (χ2n) is 8.99. The van der Waals surface area contributed by atoms with Gasteiger partial charge in [0.1, 0.15) is 23.7 Å². The van der Waals surface area contributed by atoms with Crippen molar-refractivity contribution < 1.29 is 17.9 Å². The molecule has 1 fully saturated rings. The SMILES string of the molecule is FC(F)(F)COc1ccccc1Nc1cc(N2CCC(N3CCc4ccccc4C3)CC2)ncn1. The van der Waals surface area contributed by atoms with Crippen molar-refractivity contribution in [3.63, 3.8) is 0 Å². The molecule has 35 heavy (non-hydrogen) atoms. The van der Waals surface area contributed by atoms with Crippen LogP contribution in [-0.2, 0) is 13.0 Å². The molecule has 9 heteroatoms. The van der Waals surface area contributed by atoms with Gasteiger partial charge in [-0.3, -0.25) is 4.90 Å². The van der Waals surface area contributed by atoms with Crippen LogP contribution in [0.5, 0.6) is 5.75 Å². The van der Waals surface area contributed by atoms with Gasteiger partial charge in [-0.05, 0) is 42.5 Å². The Morgan fingerprint density at radius 2 is 1.69 bits per heavy atom. The Morgan fingerprint density at radius 1 is 0.943 bits per heavy atom. The molecule has 0 unspecified atom stereocenters. The van der Waals surface area contributed by atoms with Crippen molar-refractivity contribution in [2.75, 3.05) is 36.5 Å². The van der Waals surface area contributed by atoms with Crippen molar-refractivity contribution in [1.29, 1.82) is 0 Å². The molecule has 0 radical (unpaired) electrons. The summed E-state index contributed by atoms with van der Waals surface area (Å²) in [5.41, 5.74) is 3.32. The molecule has 0 saturated carbocycles. The van der Waals surface area contributed by atoms with Gasteiger partial charge in [-0.15, -0.1) is 0 Å². The molecule has 2 aliphatic rings. The first-order chi connectivity index (χ1) is 16.9. The Kier molecular flexibility index (Phi) is 6.77. The van der Waals surface area contributed by atoms with E-state index in [1.807, 2.05) is 6.07 Å². The van der Waals surface area contributed by atoms with Gasteiger partial charge in [-0.25, -0.2) is 9.97 Å². The summed E-state index contributed by atoms with van der Waals surface area (Å²) in [4.78, 5) is 13.5. The van der Waals surface area contributed by atoms with E-state index in [-0.39, 0.29) is 5.75 Å². The van der Waals surface area contributed by atoms with Gasteiger partial charge in [0.05, 0.1) is 5.69 Å². The largest absolute Gasteiger partial charge is 0.482 e. The average molecular weight is 484 g/mol. The zero-order chi connectivity index (χ0) is 24.3. The van der Waals surface area contributed by atoms with Crippen LogP contribution in [0.1, 0.15) is 24.0 Å². The summed E-state index contributed by atoms with van der Waals surface area (Å²) >= 11 is 0. The van der Waals surface area contributed by atoms with Gasteiger partial charge in [-0.1, -0.05) is 36.4 Å². The molecule has 0 atom stereocenters. The zero-order valence-corrected chi connectivity index (χ0v) is 19.3. The quantitative estimate of drug-likeness (QED) is 0.521. The van der Waals surface area contributed by atoms with Crippen LogP contribution < -0.4 is 15.0 Å². The molecule has 0 amide bonds. The van der Waals surface area contributed by atoms with E-state index in [9.17, 15) is 13.2 Å². The molecule has 0 spiro atoms. The molecule has 0 bridgehead atoms. The summed E-state index contributed by atoms with van der Waals surface area (Å²) in [6.45, 7) is 2.55. The maximum absolute atomic E-state index is 12.6. The highest BCUT2D eigenvalue weighted by Gasteiger charge is 2.29. The number of fused-ring (bicyclic) bond motifs is 1. The van der Waals surface area contributed by atoms with Crippen molar-refractivity contribution in [2.24, 2.45) is 0 Å². The van der Waals surface area contributed by atoms with E-state index in [0.29, 0.717) is 17.5 Å². The molecule has 1 aromatic heterocycles. The van der Waals surface area contributed by atoms with Crippen LogP contribution in [0.25, 0.3) is 0 Å². The first-order valence-electron chi connectivity index (χ1n) is 11.9. The van der Waals surface area contributed by atoms with E-state index in [4.69, 9.17) is 4.74 Å². The average Bonchev–Trinajstić information content (AvgIpc) is 2.88. The molecule has 1 N–H and O–H groups in total. The van der Waals surface area contributed by atoms with Gasteiger partial charge in [0.15, 0.2) is 6.61 Å². The number of nitrogens with zero attached hydrogens (tertiary/aromatic N) is 4. The van der Waals surface area contributed by atoms with Crippen LogP contribution >= 0.6 is 0 Å². The highest BCUT2D eigenvalue weighted by Crippen LogP contribution is 2.30. The summed E-state index contributed by atoms with van der Waals surface area (Å²) in [7, 11) is 0. The Labute approximate surface area is 202 Å². The summed E-state index contributed by atoms with van der Waals surface area (Å²) in [6.07, 6.45) is 0.293. The molecule has 2 aliphatic heterocycles. The topological polar surface area (TPSA) is 53.5 Å². The third-order valence-electron chi connectivity index (χ3n) is 6.66. The first-order valence-corrected chi connectivity index (χ1v) is 11.9. The fraction of sp³-hybridized carbons (Fsp3) is 0.385. The third kappa shape index (κ3) is 5.85. The summed E-state index contributed by atoms with van der Waals surface area (Å²) in [6, 6.07) is 17.6. The molecule has 3 aromatic rings. The minimum absolute atomic E-state index is 0.119. The van der Waals surface area contributed by atoms with E-state index < -0.39 is 12.8 Å². The molecule has 0 aliphatic carbocycles. The number of benzene rings is 2. The molecule has 2 aromatic carbocycles. The van der Waals surface area contributed by atoms with E-state index in [2.05, 4.69) is 49.4 Å². The van der Waals surface area contributed by atoms with E-state index in [1.54, 1.807) is 18.2 Å². The molecule has 184 valence electrons. The predicted molar refractivity (Wildman–Crippen MR) is 129 cm³/mol. The van der Waals surface area contributed by atoms with Crippen LogP contribution in [0.2, 0.25) is 0 Å². The second-order valence-corrected chi connectivity index (χ2v) is 8.99. The zero-order valence-electron chi connectivity index (χ0n) is 19.3. The lowest BCUT2D eigenvalue weighted by Gasteiger charge is -2.41. The smallest absolute Gasteiger partial charge is 0.422 e. The Hall–Kier alpha value is -3.33. The maximum Gasteiger partial charge on any atom is 0.422 e. The molecule has 6 nitrogen and oxygen atoms in total. The maximum atomic E-state index is 12.6. The fourth-order valence-electron chi connectivity index (χ4n) is 4.87. The van der Waals surface area contributed by atoms with Gasteiger partial charge in [0, 0.05) is 38.3 Å². The summed E-state index contributed by atoms with van der Waals surface area (Å²) < 4.78 is 42.8. The van der Waals surface area contributed by atoms with Crippen LogP contribution in [0.15, 0.2) is 60.9 Å². The minimum Gasteiger partial charge on any atom is -0.482 e. The Bertz CT molecular complexity index is 1150. The minimum atomic E-state index is -4.40. The third-order valence-corrected chi connectivity index (χ3v) is 6.66. The van der Waals surface area contributed by atoms with E-state index in [0.717, 1.165) is 51.3 Å². The van der Waals surface area contributed by atoms with Crippen LogP contribution in [0.4, 0.5) is 30.5 Å². The fourth-order valence-corrected chi connectivity index (χ4v) is 4.87. The number of halogens is 3. The molecule has 1 saturated heterocycles. The predicted octanol–water partition coefficient (Wildman–Crippen LogP) is 5.19. The molecule has 5 rings (SSSR count).